The van der Waals surface area contributed by atoms with Crippen molar-refractivity contribution in [2.45, 2.75) is 78.6 Å². The summed E-state index contributed by atoms with van der Waals surface area (Å²) in [6.45, 7) is 20.3. The van der Waals surface area contributed by atoms with Crippen LogP contribution in [0.15, 0.2) is 170 Å². The van der Waals surface area contributed by atoms with Gasteiger partial charge in [0, 0.05) is 39.9 Å². The first-order valence-electron chi connectivity index (χ1n) is 23.1. The van der Waals surface area contributed by atoms with E-state index >= 15 is 0 Å². The topological polar surface area (TPSA) is 57.8 Å². The van der Waals surface area contributed by atoms with E-state index in [0.717, 1.165) is 72.3 Å². The summed E-state index contributed by atoms with van der Waals surface area (Å²) in [6.07, 6.45) is 3.83. The maximum atomic E-state index is 6.71. The van der Waals surface area contributed by atoms with Crippen LogP contribution < -0.4 is 4.74 Å². The van der Waals surface area contributed by atoms with E-state index in [-0.39, 0.29) is 37.3 Å². The summed E-state index contributed by atoms with van der Waals surface area (Å²) in [6, 6.07) is 62.6. The van der Waals surface area contributed by atoms with Gasteiger partial charge < -0.3 is 13.9 Å². The maximum absolute atomic E-state index is 6.71. The fraction of sp³-hybridized carbons (Fsp3) is 0.197. The fourth-order valence-corrected chi connectivity index (χ4v) is 9.10. The van der Waals surface area contributed by atoms with E-state index in [4.69, 9.17) is 9.72 Å². The Hall–Kier alpha value is -6.88. The molecule has 0 bridgehead atoms. The van der Waals surface area contributed by atoms with E-state index in [9.17, 15) is 0 Å². The average Bonchev–Trinajstić information content (AvgIpc) is 3.94. The zero-order valence-electron chi connectivity index (χ0n) is 40.1. The van der Waals surface area contributed by atoms with Gasteiger partial charge in [-0.25, -0.2) is 4.98 Å². The molecule has 10 rings (SSSR count). The van der Waals surface area contributed by atoms with Crippen molar-refractivity contribution in [3.8, 4) is 67.8 Å². The molecule has 0 unspecified atom stereocenters. The second-order valence-corrected chi connectivity index (χ2v) is 20.6. The number of fused-ring (bicyclic) bond motifs is 3. The standard InChI is InChI=1S/C61H55N5O.Pt/c1-59(2,3)44-28-26-42(27-29-44)52-38-62-56(37-53(52)61(7,8)9)66-54-33-30-45(60(4,5)6)35-51(54)50-32-31-47(36-55(50)66)67-46-23-16-22-43(34-46)58-64-63-39-65(58)57-48(40-18-12-10-13-19-40)24-17-25-49(57)41-20-14-11-15-21-41;/h10-33,35,37-39H,1-9H3;/q-2;+2. The van der Waals surface area contributed by atoms with Crippen LogP contribution in [0.25, 0.3) is 78.1 Å². The van der Waals surface area contributed by atoms with Crippen LogP contribution in [0.5, 0.6) is 11.5 Å². The number of aromatic nitrogens is 5. The number of pyridine rings is 1. The molecule has 10 aromatic rings. The molecule has 0 N–H and O–H groups in total. The van der Waals surface area contributed by atoms with Crippen molar-refractivity contribution in [3.05, 3.63) is 199 Å². The number of para-hydroxylation sites is 1. The molecular weight excluding hydrogens is 1010 g/mol. The minimum Gasteiger partial charge on any atom is -0.503 e. The zero-order chi connectivity index (χ0) is 46.7. The van der Waals surface area contributed by atoms with E-state index in [0.29, 0.717) is 17.3 Å². The quantitative estimate of drug-likeness (QED) is 0.142. The molecule has 6 nitrogen and oxygen atoms in total. The Morgan fingerprint density at radius 1 is 0.515 bits per heavy atom. The largest absolute Gasteiger partial charge is 2.00 e. The van der Waals surface area contributed by atoms with Gasteiger partial charge in [-0.2, -0.15) is 11.2 Å². The first-order valence-corrected chi connectivity index (χ1v) is 23.1. The number of benzene rings is 7. The Bertz CT molecular complexity index is 3360. The third-order valence-electron chi connectivity index (χ3n) is 12.7. The second-order valence-electron chi connectivity index (χ2n) is 20.6. The van der Waals surface area contributed by atoms with Gasteiger partial charge in [-0.3, -0.25) is 0 Å². The van der Waals surface area contributed by atoms with Gasteiger partial charge in [0.25, 0.3) is 0 Å². The number of nitrogens with zero attached hydrogens (tertiary/aromatic N) is 5. The summed E-state index contributed by atoms with van der Waals surface area (Å²) in [5.41, 5.74) is 13.9. The Balaban J connectivity index is 0.00000578. The minimum atomic E-state index is -0.163. The van der Waals surface area contributed by atoms with Crippen LogP contribution >= 0.6 is 0 Å². The molecule has 7 heteroatoms. The van der Waals surface area contributed by atoms with Crippen LogP contribution in [0.4, 0.5) is 0 Å². The van der Waals surface area contributed by atoms with Gasteiger partial charge in [-0.05, 0) is 67.1 Å². The van der Waals surface area contributed by atoms with E-state index in [1.807, 2.05) is 42.6 Å². The average molecular weight is 1070 g/mol. The van der Waals surface area contributed by atoms with Gasteiger partial charge in [-0.1, -0.05) is 189 Å². The second kappa shape index (κ2) is 18.0. The summed E-state index contributed by atoms with van der Waals surface area (Å²) in [5.74, 6) is 2.58. The third-order valence-corrected chi connectivity index (χ3v) is 12.7. The van der Waals surface area contributed by atoms with Crippen molar-refractivity contribution in [2.75, 3.05) is 0 Å². The normalized spacial score (nSPS) is 12.1. The van der Waals surface area contributed by atoms with Gasteiger partial charge in [0.05, 0.1) is 11.5 Å². The van der Waals surface area contributed by atoms with Crippen molar-refractivity contribution < 1.29 is 25.8 Å². The first kappa shape index (κ1) is 46.2. The van der Waals surface area contributed by atoms with Crippen molar-refractivity contribution in [2.24, 2.45) is 0 Å². The van der Waals surface area contributed by atoms with Gasteiger partial charge in [-0.15, -0.1) is 46.4 Å². The van der Waals surface area contributed by atoms with E-state index in [1.165, 1.54) is 16.7 Å². The van der Waals surface area contributed by atoms with Crippen molar-refractivity contribution in [3.63, 3.8) is 0 Å². The fourth-order valence-electron chi connectivity index (χ4n) is 9.10. The van der Waals surface area contributed by atoms with Crippen LogP contribution in [-0.4, -0.2) is 24.3 Å². The Labute approximate surface area is 415 Å². The van der Waals surface area contributed by atoms with Gasteiger partial charge >= 0.3 is 21.1 Å². The summed E-state index contributed by atoms with van der Waals surface area (Å²) in [4.78, 5) is 5.23. The number of hydrogen-bond donors (Lipinski definition) is 0. The van der Waals surface area contributed by atoms with Crippen molar-refractivity contribution in [1.29, 1.82) is 0 Å². The Morgan fingerprint density at radius 2 is 1.12 bits per heavy atom. The molecule has 7 aromatic carbocycles. The molecule has 0 saturated carbocycles. The maximum Gasteiger partial charge on any atom is 2.00 e. The molecular formula is C61H55N5OPt. The summed E-state index contributed by atoms with van der Waals surface area (Å²) in [5, 5.41) is 11.4. The predicted octanol–water partition coefficient (Wildman–Crippen LogP) is 15.7. The van der Waals surface area contributed by atoms with Gasteiger partial charge in [0.15, 0.2) is 0 Å². The smallest absolute Gasteiger partial charge is 0.503 e. The molecule has 0 aliphatic carbocycles. The number of ether oxygens (including phenoxy) is 1. The molecule has 0 fully saturated rings. The third kappa shape index (κ3) is 8.86. The Kier molecular flexibility index (Phi) is 12.2. The zero-order valence-corrected chi connectivity index (χ0v) is 42.4. The molecule has 0 saturated heterocycles. The molecule has 340 valence electrons. The first-order chi connectivity index (χ1) is 32.1. The summed E-state index contributed by atoms with van der Waals surface area (Å²) >= 11 is 0. The monoisotopic (exact) mass is 1070 g/mol. The van der Waals surface area contributed by atoms with Crippen LogP contribution in [0.3, 0.4) is 0 Å². The number of hydrogen-bond acceptors (Lipinski definition) is 4. The molecule has 3 aromatic heterocycles. The minimum absolute atomic E-state index is 0. The SMILES string of the molecule is CC(C)(C)c1ccc(-c2cnc(-n3c4[c-]c(Oc5[c-]c(-c6nncn6-c6c(-c7ccccc7)cccc6-c6ccccc6)ccc5)ccc4c4cc(C(C)(C)C)ccc43)cc2C(C)(C)C)cc1.[Pt+2]. The van der Waals surface area contributed by atoms with Crippen LogP contribution in [0.2, 0.25) is 0 Å². The van der Waals surface area contributed by atoms with E-state index < -0.39 is 0 Å². The van der Waals surface area contributed by atoms with Crippen molar-refractivity contribution >= 4 is 21.8 Å². The van der Waals surface area contributed by atoms with Crippen LogP contribution in [0.1, 0.15) is 79.0 Å². The van der Waals surface area contributed by atoms with Crippen molar-refractivity contribution in [1.82, 2.24) is 24.3 Å². The molecule has 0 aliphatic heterocycles. The molecule has 0 aliphatic rings. The van der Waals surface area contributed by atoms with Gasteiger partial charge in [0.2, 0.25) is 0 Å². The molecule has 0 atom stereocenters. The van der Waals surface area contributed by atoms with E-state index in [1.54, 1.807) is 6.33 Å². The molecule has 0 spiro atoms. The van der Waals surface area contributed by atoms with Crippen LogP contribution in [-0.2, 0) is 37.3 Å². The predicted molar refractivity (Wildman–Crippen MR) is 276 cm³/mol. The summed E-state index contributed by atoms with van der Waals surface area (Å²) < 4.78 is 11.0. The van der Waals surface area contributed by atoms with Crippen LogP contribution in [0, 0.1) is 12.1 Å². The number of rotatable bonds is 8. The molecule has 68 heavy (non-hydrogen) atoms. The van der Waals surface area contributed by atoms with Gasteiger partial charge in [0.1, 0.15) is 12.1 Å². The molecule has 0 radical (unpaired) electrons. The Morgan fingerprint density at radius 3 is 1.75 bits per heavy atom. The summed E-state index contributed by atoms with van der Waals surface area (Å²) in [7, 11) is 0. The molecule has 0 amide bonds. The van der Waals surface area contributed by atoms with E-state index in [2.05, 4.69) is 215 Å². The molecule has 3 heterocycles.